The highest BCUT2D eigenvalue weighted by Crippen LogP contribution is 2.27. The van der Waals surface area contributed by atoms with Gasteiger partial charge in [-0.15, -0.1) is 0 Å². The predicted molar refractivity (Wildman–Crippen MR) is 59.6 cm³/mol. The lowest BCUT2D eigenvalue weighted by Gasteiger charge is -2.34. The Bertz CT molecular complexity index is 190. The minimum absolute atomic E-state index is 0.0954. The van der Waals surface area contributed by atoms with Crippen molar-refractivity contribution in [3.05, 3.63) is 0 Å². The Morgan fingerprint density at radius 3 is 2.27 bits per heavy atom. The molecule has 3 heteroatoms. The lowest BCUT2D eigenvalue weighted by Crippen LogP contribution is -2.38. The summed E-state index contributed by atoms with van der Waals surface area (Å²) >= 11 is 0. The molecule has 3 nitrogen and oxygen atoms in total. The number of nitrogens with two attached hydrogens (primary N) is 1. The molecule has 2 saturated carbocycles. The predicted octanol–water partition coefficient (Wildman–Crippen LogP) is 1.58. The Morgan fingerprint density at radius 2 is 1.60 bits per heavy atom. The van der Waals surface area contributed by atoms with Gasteiger partial charge in [-0.05, 0) is 38.5 Å². The maximum absolute atomic E-state index is 9.80. The van der Waals surface area contributed by atoms with E-state index in [9.17, 15) is 5.11 Å². The van der Waals surface area contributed by atoms with Crippen LogP contribution in [-0.4, -0.2) is 29.5 Å². The van der Waals surface area contributed by atoms with Crippen LogP contribution in [0.2, 0.25) is 0 Å². The molecule has 0 aliphatic heterocycles. The van der Waals surface area contributed by atoms with Crippen LogP contribution in [0.25, 0.3) is 0 Å². The van der Waals surface area contributed by atoms with Gasteiger partial charge in [-0.25, -0.2) is 0 Å². The van der Waals surface area contributed by atoms with Crippen LogP contribution in [-0.2, 0) is 4.74 Å². The highest BCUT2D eigenvalue weighted by Gasteiger charge is 2.28. The zero-order chi connectivity index (χ0) is 10.7. The summed E-state index contributed by atoms with van der Waals surface area (Å²) in [7, 11) is 0. The Kier molecular flexibility index (Phi) is 4.00. The van der Waals surface area contributed by atoms with Crippen molar-refractivity contribution >= 4 is 0 Å². The van der Waals surface area contributed by atoms with Crippen molar-refractivity contribution in [1.82, 2.24) is 0 Å². The molecule has 0 radical (unpaired) electrons. The summed E-state index contributed by atoms with van der Waals surface area (Å²) in [5.41, 5.74) is 5.85. The molecule has 3 N–H and O–H groups in total. The molecule has 0 bridgehead atoms. The number of hydrogen-bond donors (Lipinski definition) is 2. The molecule has 2 aliphatic rings. The molecular weight excluding hydrogens is 190 g/mol. The highest BCUT2D eigenvalue weighted by molar-refractivity contribution is 4.80. The molecule has 0 aromatic heterocycles. The minimum Gasteiger partial charge on any atom is -0.390 e. The van der Waals surface area contributed by atoms with Gasteiger partial charge >= 0.3 is 0 Å². The van der Waals surface area contributed by atoms with E-state index in [1.807, 2.05) is 0 Å². The molecule has 0 saturated heterocycles. The summed E-state index contributed by atoms with van der Waals surface area (Å²) in [6, 6.07) is 0.376. The smallest absolute Gasteiger partial charge is 0.0837 e. The SMILES string of the molecule is NC1CCC(OC2CCCCC2O)CC1. The third kappa shape index (κ3) is 3.16. The van der Waals surface area contributed by atoms with Gasteiger partial charge in [0.15, 0.2) is 0 Å². The van der Waals surface area contributed by atoms with E-state index in [-0.39, 0.29) is 12.2 Å². The van der Waals surface area contributed by atoms with Gasteiger partial charge in [0.05, 0.1) is 18.3 Å². The van der Waals surface area contributed by atoms with Crippen LogP contribution in [0, 0.1) is 0 Å². The second-order valence-corrected chi connectivity index (χ2v) is 5.06. The fourth-order valence-corrected chi connectivity index (χ4v) is 2.71. The minimum atomic E-state index is -0.227. The van der Waals surface area contributed by atoms with Crippen LogP contribution in [0.15, 0.2) is 0 Å². The van der Waals surface area contributed by atoms with E-state index in [1.165, 1.54) is 6.42 Å². The van der Waals surface area contributed by atoms with E-state index >= 15 is 0 Å². The maximum atomic E-state index is 9.80. The lowest BCUT2D eigenvalue weighted by molar-refractivity contribution is -0.103. The van der Waals surface area contributed by atoms with Crippen LogP contribution >= 0.6 is 0 Å². The van der Waals surface area contributed by atoms with Crippen molar-refractivity contribution < 1.29 is 9.84 Å². The normalized spacial score (nSPS) is 42.8. The number of hydrogen-bond acceptors (Lipinski definition) is 3. The first kappa shape index (κ1) is 11.4. The van der Waals surface area contributed by atoms with Gasteiger partial charge < -0.3 is 15.6 Å². The Labute approximate surface area is 92.0 Å². The Morgan fingerprint density at radius 1 is 0.933 bits per heavy atom. The maximum Gasteiger partial charge on any atom is 0.0837 e. The second-order valence-electron chi connectivity index (χ2n) is 5.06. The van der Waals surface area contributed by atoms with E-state index in [1.54, 1.807) is 0 Å². The van der Waals surface area contributed by atoms with Crippen LogP contribution < -0.4 is 5.73 Å². The molecule has 15 heavy (non-hydrogen) atoms. The molecule has 2 rings (SSSR count). The van der Waals surface area contributed by atoms with Gasteiger partial charge in [0.25, 0.3) is 0 Å². The summed E-state index contributed by atoms with van der Waals surface area (Å²) in [4.78, 5) is 0. The summed E-state index contributed by atoms with van der Waals surface area (Å²) in [5.74, 6) is 0. The largest absolute Gasteiger partial charge is 0.390 e. The van der Waals surface area contributed by atoms with E-state index in [2.05, 4.69) is 0 Å². The molecule has 2 unspecified atom stereocenters. The van der Waals surface area contributed by atoms with Gasteiger partial charge in [0.2, 0.25) is 0 Å². The standard InChI is InChI=1S/C12H23NO2/c13-9-5-7-10(8-6-9)15-12-4-2-1-3-11(12)14/h9-12,14H,1-8,13H2. The van der Waals surface area contributed by atoms with Crippen molar-refractivity contribution in [3.63, 3.8) is 0 Å². The van der Waals surface area contributed by atoms with Gasteiger partial charge in [-0.2, -0.15) is 0 Å². The first-order valence-electron chi connectivity index (χ1n) is 6.35. The fraction of sp³-hybridized carbons (Fsp3) is 1.00. The fourth-order valence-electron chi connectivity index (χ4n) is 2.71. The molecular formula is C12H23NO2. The van der Waals surface area contributed by atoms with E-state index in [4.69, 9.17) is 10.5 Å². The van der Waals surface area contributed by atoms with E-state index in [0.29, 0.717) is 12.1 Å². The van der Waals surface area contributed by atoms with Crippen molar-refractivity contribution in [3.8, 4) is 0 Å². The van der Waals surface area contributed by atoms with Gasteiger partial charge in [0.1, 0.15) is 0 Å². The van der Waals surface area contributed by atoms with Crippen molar-refractivity contribution in [2.75, 3.05) is 0 Å². The Balaban J connectivity index is 1.75. The summed E-state index contributed by atoms with van der Waals surface area (Å²) in [5, 5.41) is 9.80. The molecule has 2 aliphatic carbocycles. The summed E-state index contributed by atoms with van der Waals surface area (Å²) in [6.45, 7) is 0. The zero-order valence-corrected chi connectivity index (χ0v) is 9.40. The quantitative estimate of drug-likeness (QED) is 0.732. The second kappa shape index (κ2) is 5.28. The molecule has 0 amide bonds. The van der Waals surface area contributed by atoms with E-state index in [0.717, 1.165) is 44.9 Å². The van der Waals surface area contributed by atoms with Crippen molar-refractivity contribution in [2.45, 2.75) is 75.7 Å². The Hall–Kier alpha value is -0.120. The first-order chi connectivity index (χ1) is 7.25. The van der Waals surface area contributed by atoms with E-state index < -0.39 is 0 Å². The molecule has 0 aromatic rings. The average Bonchev–Trinajstić information content (AvgIpc) is 2.25. The van der Waals surface area contributed by atoms with Crippen LogP contribution in [0.1, 0.15) is 51.4 Å². The van der Waals surface area contributed by atoms with Crippen molar-refractivity contribution in [1.29, 1.82) is 0 Å². The van der Waals surface area contributed by atoms with Crippen molar-refractivity contribution in [2.24, 2.45) is 5.73 Å². The third-order valence-electron chi connectivity index (χ3n) is 3.75. The molecule has 0 heterocycles. The molecule has 0 spiro atoms. The number of aliphatic hydroxyl groups excluding tert-OH is 1. The van der Waals surface area contributed by atoms with Gasteiger partial charge in [-0.1, -0.05) is 12.8 Å². The average molecular weight is 213 g/mol. The van der Waals surface area contributed by atoms with Crippen LogP contribution in [0.5, 0.6) is 0 Å². The highest BCUT2D eigenvalue weighted by atomic mass is 16.5. The molecule has 0 aromatic carbocycles. The summed E-state index contributed by atoms with van der Waals surface area (Å²) in [6.07, 6.45) is 8.82. The molecule has 2 fully saturated rings. The van der Waals surface area contributed by atoms with Crippen LogP contribution in [0.3, 0.4) is 0 Å². The monoisotopic (exact) mass is 213 g/mol. The number of aliphatic hydroxyl groups is 1. The molecule has 2 atom stereocenters. The summed E-state index contributed by atoms with van der Waals surface area (Å²) < 4.78 is 5.99. The first-order valence-corrected chi connectivity index (χ1v) is 6.35. The zero-order valence-electron chi connectivity index (χ0n) is 9.40. The lowest BCUT2D eigenvalue weighted by atomic mass is 9.91. The van der Waals surface area contributed by atoms with Gasteiger partial charge in [0, 0.05) is 6.04 Å². The molecule has 88 valence electrons. The number of rotatable bonds is 2. The third-order valence-corrected chi connectivity index (χ3v) is 3.75. The van der Waals surface area contributed by atoms with Gasteiger partial charge in [-0.3, -0.25) is 0 Å². The topological polar surface area (TPSA) is 55.5 Å². The number of ether oxygens (including phenoxy) is 1. The van der Waals surface area contributed by atoms with Crippen LogP contribution in [0.4, 0.5) is 0 Å².